The van der Waals surface area contributed by atoms with Crippen molar-refractivity contribution in [3.63, 3.8) is 0 Å². The van der Waals surface area contributed by atoms with Gasteiger partial charge in [0.2, 0.25) is 11.0 Å². The number of oxazole rings is 1. The summed E-state index contributed by atoms with van der Waals surface area (Å²) in [6.45, 7) is 3.77. The van der Waals surface area contributed by atoms with E-state index in [4.69, 9.17) is 4.42 Å². The van der Waals surface area contributed by atoms with Crippen molar-refractivity contribution in [2.45, 2.75) is 24.8 Å². The molecule has 0 amide bonds. The van der Waals surface area contributed by atoms with Gasteiger partial charge in [0.05, 0.1) is 22.0 Å². The summed E-state index contributed by atoms with van der Waals surface area (Å²) >= 11 is 2.98. The zero-order valence-corrected chi connectivity index (χ0v) is 19.2. The van der Waals surface area contributed by atoms with Gasteiger partial charge in [-0.1, -0.05) is 36.0 Å². The molecule has 0 atom stereocenters. The summed E-state index contributed by atoms with van der Waals surface area (Å²) in [6.07, 6.45) is 0. The molecule has 5 aromatic rings. The molecule has 0 spiro atoms. The van der Waals surface area contributed by atoms with Crippen LogP contribution in [0.4, 0.5) is 0 Å². The fourth-order valence-electron chi connectivity index (χ4n) is 3.41. The second-order valence-corrected chi connectivity index (χ2v) is 8.96. The van der Waals surface area contributed by atoms with Crippen molar-refractivity contribution in [3.05, 3.63) is 75.3 Å². The van der Waals surface area contributed by atoms with E-state index in [1.807, 2.05) is 68.7 Å². The number of tetrazole rings is 1. The third kappa shape index (κ3) is 3.49. The molecule has 0 saturated carbocycles. The van der Waals surface area contributed by atoms with Gasteiger partial charge in [-0.15, -0.1) is 16.4 Å². The van der Waals surface area contributed by atoms with Crippen LogP contribution in [0.2, 0.25) is 0 Å². The molecule has 11 heteroatoms. The van der Waals surface area contributed by atoms with Crippen LogP contribution in [-0.4, -0.2) is 34.6 Å². The summed E-state index contributed by atoms with van der Waals surface area (Å²) in [5.74, 6) is 1.87. The summed E-state index contributed by atoms with van der Waals surface area (Å²) in [5.41, 5.74) is 2.57. The van der Waals surface area contributed by atoms with Crippen LogP contribution in [-0.2, 0) is 12.8 Å². The van der Waals surface area contributed by atoms with Gasteiger partial charge in [-0.2, -0.15) is 4.68 Å². The topological polar surface area (TPSA) is 96.6 Å². The molecule has 9 nitrogen and oxygen atoms in total. The number of para-hydroxylation sites is 1. The largest absolute Gasteiger partial charge is 0.440 e. The maximum absolute atomic E-state index is 13.3. The van der Waals surface area contributed by atoms with Crippen molar-refractivity contribution >= 4 is 23.1 Å². The quantitative estimate of drug-likeness (QED) is 0.352. The number of aryl methyl sites for hydroxylation is 1. The summed E-state index contributed by atoms with van der Waals surface area (Å²) < 4.78 is 10.7. The lowest BCUT2D eigenvalue weighted by molar-refractivity contribution is 0.542. The van der Waals surface area contributed by atoms with Crippen LogP contribution >= 0.6 is 23.1 Å². The van der Waals surface area contributed by atoms with E-state index in [-0.39, 0.29) is 5.56 Å². The highest BCUT2D eigenvalue weighted by Crippen LogP contribution is 2.29. The van der Waals surface area contributed by atoms with Gasteiger partial charge in [-0.05, 0) is 47.9 Å². The molecule has 0 fully saturated rings. The summed E-state index contributed by atoms with van der Waals surface area (Å²) in [6, 6.07) is 13.4. The van der Waals surface area contributed by atoms with Crippen LogP contribution in [0.15, 0.2) is 62.2 Å². The standard InChI is InChI=1S/C21H19N7O2S2/c1-13-18(20(29)28(26(13)3)15-8-5-4-6-9-15)27-21(23-24-25-27)32-12-16-14(2)30-19(22-16)17-10-7-11-31-17/h4-11H,12H2,1-3H3. The van der Waals surface area contributed by atoms with Gasteiger partial charge in [-0.3, -0.25) is 9.48 Å². The van der Waals surface area contributed by atoms with Crippen LogP contribution in [0, 0.1) is 13.8 Å². The van der Waals surface area contributed by atoms with E-state index in [0.717, 1.165) is 27.7 Å². The molecule has 5 rings (SSSR count). The number of nitrogens with zero attached hydrogens (tertiary/aromatic N) is 7. The molecule has 1 aromatic carbocycles. The highest BCUT2D eigenvalue weighted by Gasteiger charge is 2.22. The lowest BCUT2D eigenvalue weighted by Gasteiger charge is -2.07. The SMILES string of the molecule is Cc1oc(-c2cccs2)nc1CSc1nnnn1-c1c(C)n(C)n(-c2ccccc2)c1=O. The monoisotopic (exact) mass is 465 g/mol. The van der Waals surface area contributed by atoms with Gasteiger partial charge in [0.15, 0.2) is 5.69 Å². The van der Waals surface area contributed by atoms with Crippen LogP contribution in [0.1, 0.15) is 17.1 Å². The smallest absolute Gasteiger partial charge is 0.297 e. The molecule has 4 aromatic heterocycles. The minimum Gasteiger partial charge on any atom is -0.440 e. The van der Waals surface area contributed by atoms with E-state index in [1.165, 1.54) is 16.4 Å². The van der Waals surface area contributed by atoms with Crippen molar-refractivity contribution in [1.82, 2.24) is 34.6 Å². The Morgan fingerprint density at radius 1 is 1.12 bits per heavy atom. The van der Waals surface area contributed by atoms with E-state index in [2.05, 4.69) is 20.5 Å². The van der Waals surface area contributed by atoms with Crippen LogP contribution in [0.5, 0.6) is 0 Å². The van der Waals surface area contributed by atoms with Crippen LogP contribution < -0.4 is 5.56 Å². The Balaban J connectivity index is 1.46. The van der Waals surface area contributed by atoms with Gasteiger partial charge in [0.25, 0.3) is 5.56 Å². The number of hydrogen-bond acceptors (Lipinski definition) is 8. The molecular weight excluding hydrogens is 446 g/mol. The Hall–Kier alpha value is -3.44. The number of hydrogen-bond donors (Lipinski definition) is 0. The number of thiophene rings is 1. The minimum absolute atomic E-state index is 0.192. The van der Waals surface area contributed by atoms with Gasteiger partial charge in [-0.25, -0.2) is 9.67 Å². The number of aromatic nitrogens is 7. The first-order chi connectivity index (χ1) is 15.5. The maximum atomic E-state index is 13.3. The molecule has 0 radical (unpaired) electrons. The van der Waals surface area contributed by atoms with Gasteiger partial charge in [0, 0.05) is 12.8 Å². The lowest BCUT2D eigenvalue weighted by Crippen LogP contribution is -2.22. The first-order valence-corrected chi connectivity index (χ1v) is 11.7. The fraction of sp³-hybridized carbons (Fsp3) is 0.190. The molecule has 0 unspecified atom stereocenters. The average molecular weight is 466 g/mol. The predicted molar refractivity (Wildman–Crippen MR) is 123 cm³/mol. The third-order valence-corrected chi connectivity index (χ3v) is 6.93. The number of rotatable bonds is 6. The second kappa shape index (κ2) is 8.24. The predicted octanol–water partition coefficient (Wildman–Crippen LogP) is 3.78. The first-order valence-electron chi connectivity index (χ1n) is 9.80. The molecule has 0 aliphatic heterocycles. The van der Waals surface area contributed by atoms with Crippen molar-refractivity contribution in [1.29, 1.82) is 0 Å². The lowest BCUT2D eigenvalue weighted by atomic mass is 10.3. The third-order valence-electron chi connectivity index (χ3n) is 5.14. The Kier molecular flexibility index (Phi) is 5.27. The number of benzene rings is 1. The Bertz CT molecular complexity index is 1430. The highest BCUT2D eigenvalue weighted by atomic mass is 32.2. The van der Waals surface area contributed by atoms with Crippen molar-refractivity contribution in [3.8, 4) is 22.1 Å². The summed E-state index contributed by atoms with van der Waals surface area (Å²) in [7, 11) is 1.84. The fourth-order valence-corrected chi connectivity index (χ4v) is 4.93. The summed E-state index contributed by atoms with van der Waals surface area (Å²) in [4.78, 5) is 18.9. The van der Waals surface area contributed by atoms with Crippen molar-refractivity contribution < 1.29 is 4.42 Å². The van der Waals surface area contributed by atoms with E-state index >= 15 is 0 Å². The molecule has 162 valence electrons. The van der Waals surface area contributed by atoms with Gasteiger partial charge in [0.1, 0.15) is 5.76 Å². The zero-order chi connectivity index (χ0) is 22.2. The van der Waals surface area contributed by atoms with E-state index < -0.39 is 0 Å². The molecule has 0 saturated heterocycles. The molecule has 0 aliphatic carbocycles. The first kappa shape index (κ1) is 20.5. The van der Waals surface area contributed by atoms with E-state index in [0.29, 0.717) is 22.5 Å². The van der Waals surface area contributed by atoms with Crippen molar-refractivity contribution in [2.24, 2.45) is 7.05 Å². The van der Waals surface area contributed by atoms with Crippen LogP contribution in [0.3, 0.4) is 0 Å². The average Bonchev–Trinajstić information content (AvgIpc) is 3.57. The Morgan fingerprint density at radius 2 is 1.94 bits per heavy atom. The Labute approximate surface area is 191 Å². The van der Waals surface area contributed by atoms with Crippen LogP contribution in [0.25, 0.3) is 22.1 Å². The Morgan fingerprint density at radius 3 is 2.69 bits per heavy atom. The molecule has 0 N–H and O–H groups in total. The molecule has 32 heavy (non-hydrogen) atoms. The minimum atomic E-state index is -0.192. The molecular formula is C21H19N7O2S2. The van der Waals surface area contributed by atoms with Gasteiger partial charge >= 0.3 is 0 Å². The summed E-state index contributed by atoms with van der Waals surface area (Å²) in [5, 5.41) is 14.6. The van der Waals surface area contributed by atoms with Gasteiger partial charge < -0.3 is 4.42 Å². The normalized spacial score (nSPS) is 11.3. The molecule has 4 heterocycles. The van der Waals surface area contributed by atoms with E-state index in [1.54, 1.807) is 20.7 Å². The van der Waals surface area contributed by atoms with E-state index in [9.17, 15) is 4.79 Å². The zero-order valence-electron chi connectivity index (χ0n) is 17.6. The second-order valence-electron chi connectivity index (χ2n) is 7.07. The van der Waals surface area contributed by atoms with Crippen molar-refractivity contribution in [2.75, 3.05) is 0 Å². The molecule has 0 aliphatic rings. The maximum Gasteiger partial charge on any atom is 0.297 e. The number of thioether (sulfide) groups is 1. The molecule has 0 bridgehead atoms. The highest BCUT2D eigenvalue weighted by molar-refractivity contribution is 7.98.